The van der Waals surface area contributed by atoms with Crippen LogP contribution in [0.1, 0.15) is 33.1 Å². The molecule has 1 aromatic carbocycles. The number of nitrogens with zero attached hydrogens (tertiary/aromatic N) is 1. The minimum Gasteiger partial charge on any atom is -0.491 e. The molecule has 1 unspecified atom stereocenters. The highest BCUT2D eigenvalue weighted by atomic mass is 16.5. The molecule has 116 valence electrons. The van der Waals surface area contributed by atoms with Gasteiger partial charge in [-0.3, -0.25) is 0 Å². The molecule has 5 heteroatoms. The molecule has 2 amide bonds. The van der Waals surface area contributed by atoms with E-state index in [1.807, 2.05) is 31.2 Å². The Balaban J connectivity index is 1.91. The highest BCUT2D eigenvalue weighted by Crippen LogP contribution is 2.27. The van der Waals surface area contributed by atoms with Gasteiger partial charge >= 0.3 is 6.03 Å². The van der Waals surface area contributed by atoms with Crippen molar-refractivity contribution in [2.24, 2.45) is 0 Å². The van der Waals surface area contributed by atoms with Crippen LogP contribution in [0, 0.1) is 0 Å². The Morgan fingerprint density at radius 2 is 2.10 bits per heavy atom. The molecule has 2 N–H and O–H groups in total. The number of urea groups is 1. The van der Waals surface area contributed by atoms with Gasteiger partial charge in [0.25, 0.3) is 0 Å². The van der Waals surface area contributed by atoms with Gasteiger partial charge < -0.3 is 20.1 Å². The summed E-state index contributed by atoms with van der Waals surface area (Å²) < 4.78 is 5.70. The number of aliphatic hydroxyl groups is 1. The van der Waals surface area contributed by atoms with E-state index >= 15 is 0 Å². The number of carbonyl (C=O) groups excluding carboxylic acids is 1. The van der Waals surface area contributed by atoms with Crippen LogP contribution in [0.5, 0.6) is 5.75 Å². The van der Waals surface area contributed by atoms with E-state index in [0.29, 0.717) is 6.54 Å². The van der Waals surface area contributed by atoms with Gasteiger partial charge in [0.2, 0.25) is 0 Å². The van der Waals surface area contributed by atoms with Crippen LogP contribution in [0.25, 0.3) is 0 Å². The number of ether oxygens (including phenoxy) is 1. The van der Waals surface area contributed by atoms with E-state index in [9.17, 15) is 4.79 Å². The third kappa shape index (κ3) is 4.63. The van der Waals surface area contributed by atoms with Crippen LogP contribution in [-0.4, -0.2) is 41.3 Å². The number of benzene rings is 1. The van der Waals surface area contributed by atoms with Gasteiger partial charge in [-0.25, -0.2) is 4.79 Å². The molecule has 0 heterocycles. The molecule has 1 saturated carbocycles. The third-order valence-electron chi connectivity index (χ3n) is 3.61. The average Bonchev–Trinajstić information content (AvgIpc) is 3.31. The molecule has 2 rings (SSSR count). The smallest absolute Gasteiger partial charge is 0.322 e. The van der Waals surface area contributed by atoms with Gasteiger partial charge in [0.05, 0.1) is 12.7 Å². The summed E-state index contributed by atoms with van der Waals surface area (Å²) in [5.41, 5.74) is 0.736. The highest BCUT2D eigenvalue weighted by Gasteiger charge is 2.32. The number of nitrogens with one attached hydrogen (secondary N) is 1. The van der Waals surface area contributed by atoms with Gasteiger partial charge in [-0.15, -0.1) is 0 Å². The molecule has 0 aliphatic heterocycles. The molecule has 1 aliphatic rings. The Hall–Kier alpha value is -1.75. The lowest BCUT2D eigenvalue weighted by molar-refractivity contribution is 0.185. The molecule has 5 nitrogen and oxygen atoms in total. The lowest BCUT2D eigenvalue weighted by Gasteiger charge is -2.22. The molecule has 0 aromatic heterocycles. The normalized spacial score (nSPS) is 15.4. The maximum absolute atomic E-state index is 12.2. The Kier molecular flexibility index (Phi) is 5.44. The summed E-state index contributed by atoms with van der Waals surface area (Å²) in [5, 5.41) is 11.9. The minimum absolute atomic E-state index is 0.00833. The Labute approximate surface area is 125 Å². The number of amides is 2. The number of anilines is 1. The highest BCUT2D eigenvalue weighted by molar-refractivity contribution is 5.89. The van der Waals surface area contributed by atoms with Gasteiger partial charge in [-0.05, 0) is 50.5 Å². The van der Waals surface area contributed by atoms with Crippen molar-refractivity contribution in [3.8, 4) is 5.75 Å². The number of hydrogen-bond donors (Lipinski definition) is 2. The van der Waals surface area contributed by atoms with E-state index < -0.39 is 0 Å². The standard InChI is InChI=1S/C16H24N2O3/c1-3-12(2)21-15-8-4-13(5-9-15)17-16(20)18(10-11-19)14-6-7-14/h4-5,8-9,12,14,19H,3,6-7,10-11H2,1-2H3,(H,17,20). The maximum Gasteiger partial charge on any atom is 0.322 e. The summed E-state index contributed by atoms with van der Waals surface area (Å²) >= 11 is 0. The van der Waals surface area contributed by atoms with Crippen LogP contribution in [0.15, 0.2) is 24.3 Å². The lowest BCUT2D eigenvalue weighted by Crippen LogP contribution is -2.38. The molecule has 0 bridgehead atoms. The van der Waals surface area contributed by atoms with E-state index in [2.05, 4.69) is 12.2 Å². The van der Waals surface area contributed by atoms with Crippen molar-refractivity contribution >= 4 is 11.7 Å². The molecule has 0 spiro atoms. The number of rotatable bonds is 7. The zero-order valence-electron chi connectivity index (χ0n) is 12.7. The molecular weight excluding hydrogens is 268 g/mol. The molecule has 1 atom stereocenters. The van der Waals surface area contributed by atoms with Crippen molar-refractivity contribution < 1.29 is 14.6 Å². The molecule has 1 fully saturated rings. The number of carbonyl (C=O) groups is 1. The second-order valence-electron chi connectivity index (χ2n) is 5.44. The molecule has 0 radical (unpaired) electrons. The van der Waals surface area contributed by atoms with Crippen LogP contribution in [0.3, 0.4) is 0 Å². The van der Waals surface area contributed by atoms with Crippen molar-refractivity contribution in [3.05, 3.63) is 24.3 Å². The molecule has 21 heavy (non-hydrogen) atoms. The first-order valence-corrected chi connectivity index (χ1v) is 7.59. The molecule has 1 aromatic rings. The van der Waals surface area contributed by atoms with Gasteiger partial charge in [-0.2, -0.15) is 0 Å². The van der Waals surface area contributed by atoms with Gasteiger partial charge in [0.1, 0.15) is 5.75 Å². The van der Waals surface area contributed by atoms with Gasteiger partial charge in [-0.1, -0.05) is 6.92 Å². The molecule has 0 saturated heterocycles. The Morgan fingerprint density at radius 1 is 1.43 bits per heavy atom. The zero-order valence-corrected chi connectivity index (χ0v) is 12.7. The van der Waals surface area contributed by atoms with Crippen LogP contribution in [-0.2, 0) is 0 Å². The van der Waals surface area contributed by atoms with Crippen LogP contribution in [0.4, 0.5) is 10.5 Å². The van der Waals surface area contributed by atoms with Crippen LogP contribution in [0.2, 0.25) is 0 Å². The summed E-state index contributed by atoms with van der Waals surface area (Å²) in [6.45, 7) is 4.47. The average molecular weight is 292 g/mol. The molecule has 1 aliphatic carbocycles. The topological polar surface area (TPSA) is 61.8 Å². The van der Waals surface area contributed by atoms with Crippen molar-refractivity contribution in [1.82, 2.24) is 4.90 Å². The summed E-state index contributed by atoms with van der Waals surface area (Å²) in [6.07, 6.45) is 3.18. The Morgan fingerprint density at radius 3 is 2.62 bits per heavy atom. The van der Waals surface area contributed by atoms with E-state index in [0.717, 1.165) is 30.7 Å². The van der Waals surface area contributed by atoms with Gasteiger partial charge in [0.15, 0.2) is 0 Å². The largest absolute Gasteiger partial charge is 0.491 e. The van der Waals surface area contributed by atoms with Gasteiger partial charge in [0, 0.05) is 18.3 Å². The monoisotopic (exact) mass is 292 g/mol. The first kappa shape index (κ1) is 15.6. The SMILES string of the molecule is CCC(C)Oc1ccc(NC(=O)N(CCO)C2CC2)cc1. The fourth-order valence-electron chi connectivity index (χ4n) is 2.07. The van der Waals surface area contributed by atoms with Crippen LogP contribution >= 0.6 is 0 Å². The first-order chi connectivity index (χ1) is 10.1. The second-order valence-corrected chi connectivity index (χ2v) is 5.44. The van der Waals surface area contributed by atoms with Crippen molar-refractivity contribution in [1.29, 1.82) is 0 Å². The third-order valence-corrected chi connectivity index (χ3v) is 3.61. The summed E-state index contributed by atoms with van der Waals surface area (Å²) in [6, 6.07) is 7.51. The van der Waals surface area contributed by atoms with E-state index in [-0.39, 0.29) is 24.8 Å². The van der Waals surface area contributed by atoms with E-state index in [4.69, 9.17) is 9.84 Å². The van der Waals surface area contributed by atoms with E-state index in [1.54, 1.807) is 4.90 Å². The summed E-state index contributed by atoms with van der Waals surface area (Å²) in [5.74, 6) is 0.803. The first-order valence-electron chi connectivity index (χ1n) is 7.59. The number of aliphatic hydroxyl groups excluding tert-OH is 1. The fourth-order valence-corrected chi connectivity index (χ4v) is 2.07. The summed E-state index contributed by atoms with van der Waals surface area (Å²) in [4.78, 5) is 13.9. The lowest BCUT2D eigenvalue weighted by atomic mass is 10.3. The maximum atomic E-state index is 12.2. The second kappa shape index (κ2) is 7.31. The predicted octanol–water partition coefficient (Wildman–Crippen LogP) is 2.85. The summed E-state index contributed by atoms with van der Waals surface area (Å²) in [7, 11) is 0. The van der Waals surface area contributed by atoms with E-state index in [1.165, 1.54) is 0 Å². The number of hydrogen-bond acceptors (Lipinski definition) is 3. The fraction of sp³-hybridized carbons (Fsp3) is 0.562. The Bertz CT molecular complexity index is 457. The minimum atomic E-state index is -0.151. The predicted molar refractivity (Wildman–Crippen MR) is 82.7 cm³/mol. The van der Waals surface area contributed by atoms with Crippen molar-refractivity contribution in [2.45, 2.75) is 45.3 Å². The quantitative estimate of drug-likeness (QED) is 0.812. The molecular formula is C16H24N2O3. The van der Waals surface area contributed by atoms with Crippen molar-refractivity contribution in [3.63, 3.8) is 0 Å². The van der Waals surface area contributed by atoms with Crippen LogP contribution < -0.4 is 10.1 Å². The van der Waals surface area contributed by atoms with Crippen molar-refractivity contribution in [2.75, 3.05) is 18.5 Å². The zero-order chi connectivity index (χ0) is 15.2.